The zero-order chi connectivity index (χ0) is 15.1. The molecule has 0 spiro atoms. The molecule has 1 unspecified atom stereocenters. The summed E-state index contributed by atoms with van der Waals surface area (Å²) < 4.78 is 0. The maximum Gasteiger partial charge on any atom is 0.313 e. The molecule has 0 aromatic rings. The lowest BCUT2D eigenvalue weighted by Crippen LogP contribution is -2.14. The molecule has 20 heavy (non-hydrogen) atoms. The summed E-state index contributed by atoms with van der Waals surface area (Å²) in [6, 6.07) is 0. The zero-order valence-electron chi connectivity index (χ0n) is 13.1. The highest BCUT2D eigenvalue weighted by molar-refractivity contribution is 5.86. The molecule has 3 heteroatoms. The van der Waals surface area contributed by atoms with Gasteiger partial charge in [0.25, 0.3) is 0 Å². The molecule has 118 valence electrons. The van der Waals surface area contributed by atoms with Crippen LogP contribution in [0.15, 0.2) is 0 Å². The van der Waals surface area contributed by atoms with Crippen LogP contribution in [0.1, 0.15) is 90.4 Å². The number of carboxylic acid groups (broad SMARTS) is 1. The molecule has 0 rings (SSSR count). The van der Waals surface area contributed by atoms with Crippen LogP contribution in [0.25, 0.3) is 0 Å². The van der Waals surface area contributed by atoms with Crippen LogP contribution in [0.2, 0.25) is 0 Å². The van der Waals surface area contributed by atoms with E-state index in [1.54, 1.807) is 0 Å². The van der Waals surface area contributed by atoms with Crippen molar-refractivity contribution < 1.29 is 14.7 Å². The third-order valence-corrected chi connectivity index (χ3v) is 3.85. The Morgan fingerprint density at radius 2 is 1.25 bits per heavy atom. The average molecular weight is 284 g/mol. The molecule has 0 fully saturated rings. The molecular weight excluding hydrogens is 252 g/mol. The van der Waals surface area contributed by atoms with Crippen molar-refractivity contribution in [2.75, 3.05) is 0 Å². The van der Waals surface area contributed by atoms with Crippen LogP contribution >= 0.6 is 0 Å². The summed E-state index contributed by atoms with van der Waals surface area (Å²) >= 11 is 0. The van der Waals surface area contributed by atoms with Gasteiger partial charge in [0, 0.05) is 0 Å². The molecule has 0 amide bonds. The summed E-state index contributed by atoms with van der Waals surface area (Å²) in [5, 5.41) is 8.72. The second kappa shape index (κ2) is 14.5. The van der Waals surface area contributed by atoms with Gasteiger partial charge in [0.05, 0.1) is 0 Å². The molecule has 0 radical (unpaired) electrons. The van der Waals surface area contributed by atoms with Gasteiger partial charge in [-0.05, 0) is 6.42 Å². The molecule has 0 saturated carbocycles. The quantitative estimate of drug-likeness (QED) is 0.262. The molecule has 0 heterocycles. The lowest BCUT2D eigenvalue weighted by atomic mass is 10.0. The topological polar surface area (TPSA) is 54.4 Å². The predicted molar refractivity (Wildman–Crippen MR) is 82.9 cm³/mol. The summed E-state index contributed by atoms with van der Waals surface area (Å²) in [4.78, 5) is 21.1. The number of unbranched alkanes of at least 4 members (excludes halogenated alkanes) is 11. The summed E-state index contributed by atoms with van der Waals surface area (Å²) in [6.07, 6.45) is 16.2. The maximum absolute atomic E-state index is 10.6. The van der Waals surface area contributed by atoms with Gasteiger partial charge in [0.15, 0.2) is 0 Å². The van der Waals surface area contributed by atoms with Crippen LogP contribution in [0.3, 0.4) is 0 Å². The van der Waals surface area contributed by atoms with Crippen molar-refractivity contribution in [2.45, 2.75) is 90.4 Å². The fraction of sp³-hybridized carbons (Fsp3) is 0.882. The number of hydrogen-bond donors (Lipinski definition) is 1. The molecule has 1 atom stereocenters. The first kappa shape index (κ1) is 19.1. The summed E-state index contributed by atoms with van der Waals surface area (Å²) in [5.41, 5.74) is 0. The molecule has 0 bridgehead atoms. The second-order valence-corrected chi connectivity index (χ2v) is 5.76. The summed E-state index contributed by atoms with van der Waals surface area (Å²) in [7, 11) is 0. The Morgan fingerprint density at radius 3 is 1.60 bits per heavy atom. The Balaban J connectivity index is 3.17. The number of rotatable bonds is 15. The molecule has 0 aromatic carbocycles. The van der Waals surface area contributed by atoms with Crippen LogP contribution in [0.4, 0.5) is 0 Å². The van der Waals surface area contributed by atoms with Crippen LogP contribution < -0.4 is 0 Å². The number of carboxylic acids is 1. The summed E-state index contributed by atoms with van der Waals surface area (Å²) in [6.45, 7) is 2.24. The molecule has 0 aromatic heterocycles. The van der Waals surface area contributed by atoms with Crippen molar-refractivity contribution in [1.29, 1.82) is 0 Å². The number of aliphatic carboxylic acids is 1. The van der Waals surface area contributed by atoms with Crippen molar-refractivity contribution in [3.8, 4) is 0 Å². The van der Waals surface area contributed by atoms with Crippen molar-refractivity contribution >= 4 is 12.3 Å². The molecule has 0 aliphatic carbocycles. The SMILES string of the molecule is CCCCCCCCCCCCCCC(C=O)C(=O)O. The van der Waals surface area contributed by atoms with Gasteiger partial charge >= 0.3 is 5.97 Å². The number of carbonyl (C=O) groups excluding carboxylic acids is 1. The minimum atomic E-state index is -0.983. The Morgan fingerprint density at radius 1 is 0.850 bits per heavy atom. The van der Waals surface area contributed by atoms with Gasteiger partial charge in [0.1, 0.15) is 12.2 Å². The smallest absolute Gasteiger partial charge is 0.313 e. The van der Waals surface area contributed by atoms with Gasteiger partial charge in [-0.15, -0.1) is 0 Å². The predicted octanol–water partition coefficient (Wildman–Crippen LogP) is 4.98. The highest BCUT2D eigenvalue weighted by atomic mass is 16.4. The van der Waals surface area contributed by atoms with E-state index in [9.17, 15) is 9.59 Å². The second-order valence-electron chi connectivity index (χ2n) is 5.76. The lowest BCUT2D eigenvalue weighted by Gasteiger charge is -2.05. The first-order valence-corrected chi connectivity index (χ1v) is 8.40. The average Bonchev–Trinajstić information content (AvgIpc) is 2.43. The third kappa shape index (κ3) is 12.2. The molecule has 1 N–H and O–H groups in total. The van der Waals surface area contributed by atoms with Gasteiger partial charge < -0.3 is 9.90 Å². The lowest BCUT2D eigenvalue weighted by molar-refractivity contribution is -0.143. The largest absolute Gasteiger partial charge is 0.481 e. The highest BCUT2D eigenvalue weighted by Gasteiger charge is 2.14. The Bertz CT molecular complexity index is 238. The van der Waals surface area contributed by atoms with E-state index in [2.05, 4.69) is 6.92 Å². The van der Waals surface area contributed by atoms with Gasteiger partial charge in [-0.2, -0.15) is 0 Å². The van der Waals surface area contributed by atoms with Gasteiger partial charge in [0.2, 0.25) is 0 Å². The Hall–Kier alpha value is -0.860. The van der Waals surface area contributed by atoms with Gasteiger partial charge in [-0.1, -0.05) is 84.0 Å². The number of carbonyl (C=O) groups is 2. The molecular formula is C17H32O3. The van der Waals surface area contributed by atoms with E-state index in [1.807, 2.05) is 0 Å². The first-order chi connectivity index (χ1) is 9.72. The third-order valence-electron chi connectivity index (χ3n) is 3.85. The van der Waals surface area contributed by atoms with E-state index in [0.717, 1.165) is 12.8 Å². The Labute approximate surface area is 124 Å². The minimum absolute atomic E-state index is 0.496. The van der Waals surface area contributed by atoms with Gasteiger partial charge in [-0.3, -0.25) is 4.79 Å². The van der Waals surface area contributed by atoms with Crippen molar-refractivity contribution in [1.82, 2.24) is 0 Å². The minimum Gasteiger partial charge on any atom is -0.481 e. The normalized spacial score (nSPS) is 12.2. The fourth-order valence-electron chi connectivity index (χ4n) is 2.45. The highest BCUT2D eigenvalue weighted by Crippen LogP contribution is 2.14. The molecule has 3 nitrogen and oxygen atoms in total. The maximum atomic E-state index is 10.6. The van der Waals surface area contributed by atoms with E-state index in [1.165, 1.54) is 64.2 Å². The van der Waals surface area contributed by atoms with Crippen LogP contribution in [0, 0.1) is 5.92 Å². The molecule has 0 saturated heterocycles. The number of hydrogen-bond acceptors (Lipinski definition) is 2. The van der Waals surface area contributed by atoms with Gasteiger partial charge in [-0.25, -0.2) is 0 Å². The summed E-state index contributed by atoms with van der Waals surface area (Å²) in [5.74, 6) is -1.78. The van der Waals surface area contributed by atoms with Crippen molar-refractivity contribution in [3.05, 3.63) is 0 Å². The van der Waals surface area contributed by atoms with Crippen molar-refractivity contribution in [2.24, 2.45) is 5.92 Å². The van der Waals surface area contributed by atoms with Crippen LogP contribution in [-0.4, -0.2) is 17.4 Å². The molecule has 0 aliphatic heterocycles. The van der Waals surface area contributed by atoms with E-state index >= 15 is 0 Å². The van der Waals surface area contributed by atoms with E-state index in [-0.39, 0.29) is 0 Å². The van der Waals surface area contributed by atoms with E-state index in [4.69, 9.17) is 5.11 Å². The monoisotopic (exact) mass is 284 g/mol. The van der Waals surface area contributed by atoms with Crippen molar-refractivity contribution in [3.63, 3.8) is 0 Å². The van der Waals surface area contributed by atoms with E-state index < -0.39 is 11.9 Å². The first-order valence-electron chi connectivity index (χ1n) is 8.40. The molecule has 0 aliphatic rings. The Kier molecular flexibility index (Phi) is 13.9. The van der Waals surface area contributed by atoms with E-state index in [0.29, 0.717) is 12.7 Å². The standard InChI is InChI=1S/C17H32O3/c1-2-3-4-5-6-7-8-9-10-11-12-13-14-16(15-18)17(19)20/h15-16H,2-14H2,1H3,(H,19,20). The zero-order valence-corrected chi connectivity index (χ0v) is 13.1. The fourth-order valence-corrected chi connectivity index (χ4v) is 2.45. The van der Waals surface area contributed by atoms with Crippen LogP contribution in [-0.2, 0) is 9.59 Å². The van der Waals surface area contributed by atoms with Crippen LogP contribution in [0.5, 0.6) is 0 Å². The number of aldehydes is 1.